The Morgan fingerprint density at radius 2 is 1.60 bits per heavy atom. The van der Waals surface area contributed by atoms with Crippen LogP contribution in [0.25, 0.3) is 0 Å². The fourth-order valence-electron chi connectivity index (χ4n) is 2.49. The molecule has 1 atom stereocenters. The molecule has 0 radical (unpaired) electrons. The van der Waals surface area contributed by atoms with Crippen molar-refractivity contribution in [3.63, 3.8) is 0 Å². The van der Waals surface area contributed by atoms with Crippen LogP contribution in [0.15, 0.2) is 42.5 Å². The van der Waals surface area contributed by atoms with E-state index < -0.39 is 0 Å². The zero-order chi connectivity index (χ0) is 14.7. The second-order valence-corrected chi connectivity index (χ2v) is 5.31. The van der Waals surface area contributed by atoms with Crippen LogP contribution in [0.1, 0.15) is 38.5 Å². The van der Waals surface area contributed by atoms with Crippen LogP contribution in [0.5, 0.6) is 0 Å². The van der Waals surface area contributed by atoms with Gasteiger partial charge in [-0.1, -0.05) is 36.4 Å². The molecule has 0 heterocycles. The lowest BCUT2D eigenvalue weighted by atomic mass is 9.87. The SMILES string of the molecule is Cc1cc(C)c(C(=O)C(CN)c2ccccc2)cc1C. The van der Waals surface area contributed by atoms with Gasteiger partial charge in [0.05, 0.1) is 5.92 Å². The average Bonchev–Trinajstić information content (AvgIpc) is 2.44. The molecule has 0 spiro atoms. The molecule has 0 bridgehead atoms. The normalized spacial score (nSPS) is 12.2. The van der Waals surface area contributed by atoms with Crippen LogP contribution in [-0.2, 0) is 0 Å². The number of benzene rings is 2. The van der Waals surface area contributed by atoms with E-state index in [0.29, 0.717) is 6.54 Å². The Labute approximate surface area is 120 Å². The Bertz CT molecular complexity index is 617. The van der Waals surface area contributed by atoms with Crippen LogP contribution in [0.3, 0.4) is 0 Å². The number of carbonyl (C=O) groups is 1. The molecule has 0 amide bonds. The summed E-state index contributed by atoms with van der Waals surface area (Å²) in [4.78, 5) is 12.8. The Kier molecular flexibility index (Phi) is 4.35. The highest BCUT2D eigenvalue weighted by atomic mass is 16.1. The van der Waals surface area contributed by atoms with E-state index in [4.69, 9.17) is 5.73 Å². The largest absolute Gasteiger partial charge is 0.329 e. The van der Waals surface area contributed by atoms with E-state index in [-0.39, 0.29) is 11.7 Å². The minimum absolute atomic E-state index is 0.110. The highest BCUT2D eigenvalue weighted by Crippen LogP contribution is 2.24. The van der Waals surface area contributed by atoms with Crippen molar-refractivity contribution in [1.82, 2.24) is 0 Å². The van der Waals surface area contributed by atoms with E-state index >= 15 is 0 Å². The molecule has 2 N–H and O–H groups in total. The molecule has 2 nitrogen and oxygen atoms in total. The van der Waals surface area contributed by atoms with Crippen LogP contribution in [0.4, 0.5) is 0 Å². The number of carbonyl (C=O) groups excluding carboxylic acids is 1. The van der Waals surface area contributed by atoms with Gasteiger partial charge >= 0.3 is 0 Å². The fraction of sp³-hybridized carbons (Fsp3) is 0.278. The van der Waals surface area contributed by atoms with Crippen molar-refractivity contribution in [2.75, 3.05) is 6.54 Å². The molecule has 2 rings (SSSR count). The van der Waals surface area contributed by atoms with Crippen LogP contribution in [0.2, 0.25) is 0 Å². The van der Waals surface area contributed by atoms with E-state index in [0.717, 1.165) is 22.3 Å². The zero-order valence-electron chi connectivity index (χ0n) is 12.3. The number of hydrogen-bond donors (Lipinski definition) is 1. The van der Waals surface area contributed by atoms with Crippen molar-refractivity contribution < 1.29 is 4.79 Å². The van der Waals surface area contributed by atoms with E-state index in [1.165, 1.54) is 5.56 Å². The summed E-state index contributed by atoms with van der Waals surface area (Å²) in [6.07, 6.45) is 0. The summed E-state index contributed by atoms with van der Waals surface area (Å²) in [5, 5.41) is 0. The maximum absolute atomic E-state index is 12.8. The van der Waals surface area contributed by atoms with Crippen molar-refractivity contribution in [1.29, 1.82) is 0 Å². The van der Waals surface area contributed by atoms with Crippen molar-refractivity contribution in [3.8, 4) is 0 Å². The van der Waals surface area contributed by atoms with Crippen LogP contribution in [0, 0.1) is 20.8 Å². The molecule has 0 aliphatic heterocycles. The summed E-state index contributed by atoms with van der Waals surface area (Å²) in [5.41, 5.74) is 11.0. The number of nitrogens with two attached hydrogens (primary N) is 1. The molecule has 0 aromatic heterocycles. The van der Waals surface area contributed by atoms with E-state index in [1.807, 2.05) is 50.2 Å². The molecule has 104 valence electrons. The fourth-order valence-corrected chi connectivity index (χ4v) is 2.49. The van der Waals surface area contributed by atoms with Gasteiger partial charge in [-0.25, -0.2) is 0 Å². The lowest BCUT2D eigenvalue weighted by molar-refractivity contribution is 0.0961. The quantitative estimate of drug-likeness (QED) is 0.861. The average molecular weight is 267 g/mol. The highest BCUT2D eigenvalue weighted by Gasteiger charge is 2.22. The summed E-state index contributed by atoms with van der Waals surface area (Å²) < 4.78 is 0. The summed E-state index contributed by atoms with van der Waals surface area (Å²) in [5.74, 6) is -0.156. The van der Waals surface area contributed by atoms with Crippen molar-refractivity contribution in [3.05, 3.63) is 70.3 Å². The first-order valence-electron chi connectivity index (χ1n) is 6.91. The van der Waals surface area contributed by atoms with Crippen molar-refractivity contribution in [2.45, 2.75) is 26.7 Å². The van der Waals surface area contributed by atoms with E-state index in [2.05, 4.69) is 13.0 Å². The van der Waals surface area contributed by atoms with Gasteiger partial charge in [0.15, 0.2) is 5.78 Å². The van der Waals surface area contributed by atoms with Gasteiger partial charge in [0.25, 0.3) is 0 Å². The van der Waals surface area contributed by atoms with Gasteiger partial charge in [0, 0.05) is 12.1 Å². The third-order valence-corrected chi connectivity index (χ3v) is 3.86. The minimum Gasteiger partial charge on any atom is -0.329 e. The third-order valence-electron chi connectivity index (χ3n) is 3.86. The Hall–Kier alpha value is -1.93. The zero-order valence-corrected chi connectivity index (χ0v) is 12.3. The molecule has 0 aliphatic carbocycles. The summed E-state index contributed by atoms with van der Waals surface area (Å²) in [6, 6.07) is 13.8. The standard InChI is InChI=1S/C18H21NO/c1-12-9-14(3)16(10-13(12)2)18(20)17(11-19)15-7-5-4-6-8-15/h4-10,17H,11,19H2,1-3H3. The second kappa shape index (κ2) is 6.02. The number of hydrogen-bond acceptors (Lipinski definition) is 2. The molecular formula is C18H21NO. The molecule has 0 aliphatic rings. The first-order valence-corrected chi connectivity index (χ1v) is 6.91. The van der Waals surface area contributed by atoms with Gasteiger partial charge in [-0.3, -0.25) is 4.79 Å². The third kappa shape index (κ3) is 2.81. The molecule has 0 fully saturated rings. The lowest BCUT2D eigenvalue weighted by Gasteiger charge is -2.16. The Morgan fingerprint density at radius 1 is 1.00 bits per heavy atom. The lowest BCUT2D eigenvalue weighted by Crippen LogP contribution is -2.22. The number of Topliss-reactive ketones (excluding diaryl/α,β-unsaturated/α-hetero) is 1. The molecule has 0 saturated carbocycles. The maximum Gasteiger partial charge on any atom is 0.171 e. The predicted octanol–water partition coefficient (Wildman–Crippen LogP) is 3.54. The molecule has 2 aromatic carbocycles. The Morgan fingerprint density at radius 3 is 2.20 bits per heavy atom. The smallest absolute Gasteiger partial charge is 0.171 e. The van der Waals surface area contributed by atoms with Crippen molar-refractivity contribution >= 4 is 5.78 Å². The van der Waals surface area contributed by atoms with E-state index in [9.17, 15) is 4.79 Å². The maximum atomic E-state index is 12.8. The number of rotatable bonds is 4. The van der Waals surface area contributed by atoms with Gasteiger partial charge in [-0.05, 0) is 49.1 Å². The van der Waals surface area contributed by atoms with E-state index in [1.54, 1.807) is 0 Å². The van der Waals surface area contributed by atoms with Crippen LogP contribution < -0.4 is 5.73 Å². The molecular weight excluding hydrogens is 246 g/mol. The summed E-state index contributed by atoms with van der Waals surface area (Å²) in [6.45, 7) is 6.41. The van der Waals surface area contributed by atoms with Gasteiger partial charge in [0.1, 0.15) is 0 Å². The van der Waals surface area contributed by atoms with Gasteiger partial charge in [0.2, 0.25) is 0 Å². The predicted molar refractivity (Wildman–Crippen MR) is 83.2 cm³/mol. The topological polar surface area (TPSA) is 43.1 Å². The second-order valence-electron chi connectivity index (χ2n) is 5.31. The summed E-state index contributed by atoms with van der Waals surface area (Å²) >= 11 is 0. The van der Waals surface area contributed by atoms with Gasteiger partial charge < -0.3 is 5.73 Å². The Balaban J connectivity index is 2.42. The molecule has 2 aromatic rings. The van der Waals surface area contributed by atoms with Gasteiger partial charge in [-0.2, -0.15) is 0 Å². The first-order chi connectivity index (χ1) is 9.54. The first kappa shape index (κ1) is 14.5. The number of ketones is 1. The molecule has 20 heavy (non-hydrogen) atoms. The van der Waals surface area contributed by atoms with Crippen LogP contribution >= 0.6 is 0 Å². The van der Waals surface area contributed by atoms with Gasteiger partial charge in [-0.15, -0.1) is 0 Å². The monoisotopic (exact) mass is 267 g/mol. The van der Waals surface area contributed by atoms with Crippen LogP contribution in [-0.4, -0.2) is 12.3 Å². The number of aryl methyl sites for hydroxylation is 3. The molecule has 1 unspecified atom stereocenters. The summed E-state index contributed by atoms with van der Waals surface area (Å²) in [7, 11) is 0. The molecule has 0 saturated heterocycles. The van der Waals surface area contributed by atoms with Crippen molar-refractivity contribution in [2.24, 2.45) is 5.73 Å². The highest BCUT2D eigenvalue weighted by molar-refractivity contribution is 6.02. The minimum atomic E-state index is -0.267. The molecule has 2 heteroatoms.